The molecule has 0 amide bonds. The maximum Gasteiger partial charge on any atom is 0.0951 e. The van der Waals surface area contributed by atoms with Gasteiger partial charge in [0.2, 0.25) is 0 Å². The van der Waals surface area contributed by atoms with Crippen LogP contribution in [0.1, 0.15) is 150 Å². The molecule has 0 aliphatic rings. The topological polar surface area (TPSA) is 17.8 Å². The van der Waals surface area contributed by atoms with Crippen molar-refractivity contribution in [2.24, 2.45) is 5.41 Å². The SMILES string of the molecule is CCCCCCCCCCCCCCCCCCC(C)(C)C(C)(CC)n1ccnc1. The van der Waals surface area contributed by atoms with Gasteiger partial charge in [-0.2, -0.15) is 0 Å². The third kappa shape index (κ3) is 10.0. The van der Waals surface area contributed by atoms with Gasteiger partial charge in [-0.25, -0.2) is 4.98 Å². The lowest BCUT2D eigenvalue weighted by molar-refractivity contribution is 0.0795. The molecule has 0 radical (unpaired) electrons. The minimum atomic E-state index is 0.152. The van der Waals surface area contributed by atoms with E-state index in [1.165, 1.54) is 109 Å². The number of hydrogen-bond acceptors (Lipinski definition) is 1. The predicted octanol–water partition coefficient (Wildman–Crippen LogP) is 9.69. The monoisotopic (exact) mass is 418 g/mol. The van der Waals surface area contributed by atoms with Crippen LogP contribution < -0.4 is 0 Å². The lowest BCUT2D eigenvalue weighted by Gasteiger charge is -2.45. The molecule has 1 aromatic rings. The smallest absolute Gasteiger partial charge is 0.0951 e. The third-order valence-electron chi connectivity index (χ3n) is 7.88. The lowest BCUT2D eigenvalue weighted by Crippen LogP contribution is -2.43. The summed E-state index contributed by atoms with van der Waals surface area (Å²) in [6.07, 6.45) is 31.5. The lowest BCUT2D eigenvalue weighted by atomic mass is 9.68. The molecule has 0 N–H and O–H groups in total. The number of rotatable bonds is 20. The van der Waals surface area contributed by atoms with Crippen molar-refractivity contribution in [2.75, 3.05) is 0 Å². The highest BCUT2D eigenvalue weighted by Crippen LogP contribution is 2.43. The fraction of sp³-hybridized carbons (Fsp3) is 0.893. The summed E-state index contributed by atoms with van der Waals surface area (Å²) in [5.41, 5.74) is 0.442. The number of unbranched alkanes of at least 4 members (excludes halogenated alkanes) is 15. The van der Waals surface area contributed by atoms with E-state index in [4.69, 9.17) is 0 Å². The van der Waals surface area contributed by atoms with E-state index >= 15 is 0 Å². The second kappa shape index (κ2) is 15.9. The van der Waals surface area contributed by atoms with Crippen LogP contribution in [0.25, 0.3) is 0 Å². The van der Waals surface area contributed by atoms with Crippen molar-refractivity contribution >= 4 is 0 Å². The van der Waals surface area contributed by atoms with E-state index in [-0.39, 0.29) is 5.54 Å². The van der Waals surface area contributed by atoms with Gasteiger partial charge in [0.25, 0.3) is 0 Å². The predicted molar refractivity (Wildman–Crippen MR) is 134 cm³/mol. The molecular formula is C28H54N2. The summed E-state index contributed by atoms with van der Waals surface area (Å²) < 4.78 is 2.33. The zero-order valence-corrected chi connectivity index (χ0v) is 21.4. The molecule has 0 spiro atoms. The standard InChI is InChI=1S/C28H54N2/c1-6-8-9-10-11-12-13-14-15-16-17-18-19-20-21-22-23-27(3,4)28(5,7-2)30-25-24-29-26-30/h24-26H,6-23H2,1-5H3. The van der Waals surface area contributed by atoms with Gasteiger partial charge < -0.3 is 4.57 Å². The zero-order valence-electron chi connectivity index (χ0n) is 21.4. The average molecular weight is 419 g/mol. The van der Waals surface area contributed by atoms with Gasteiger partial charge in [-0.15, -0.1) is 0 Å². The van der Waals surface area contributed by atoms with Crippen LogP contribution in [-0.2, 0) is 5.54 Å². The average Bonchev–Trinajstić information content (AvgIpc) is 3.28. The van der Waals surface area contributed by atoms with Gasteiger partial charge in [0.15, 0.2) is 0 Å². The van der Waals surface area contributed by atoms with Crippen LogP contribution in [0.5, 0.6) is 0 Å². The van der Waals surface area contributed by atoms with E-state index < -0.39 is 0 Å². The fourth-order valence-electron chi connectivity index (χ4n) is 4.95. The molecule has 2 nitrogen and oxygen atoms in total. The van der Waals surface area contributed by atoms with Crippen LogP contribution in [0.3, 0.4) is 0 Å². The van der Waals surface area contributed by atoms with E-state index in [1.807, 2.05) is 12.5 Å². The summed E-state index contributed by atoms with van der Waals surface area (Å²) in [5, 5.41) is 0. The molecule has 1 rings (SSSR count). The zero-order chi connectivity index (χ0) is 22.1. The van der Waals surface area contributed by atoms with Crippen molar-refractivity contribution in [1.29, 1.82) is 0 Å². The van der Waals surface area contributed by atoms with E-state index in [0.29, 0.717) is 5.41 Å². The Morgan fingerprint density at radius 1 is 0.633 bits per heavy atom. The Hall–Kier alpha value is -0.790. The first kappa shape index (κ1) is 27.2. The minimum absolute atomic E-state index is 0.152. The molecule has 1 heterocycles. The van der Waals surface area contributed by atoms with Crippen LogP contribution in [0.2, 0.25) is 0 Å². The molecule has 30 heavy (non-hydrogen) atoms. The third-order valence-corrected chi connectivity index (χ3v) is 7.88. The van der Waals surface area contributed by atoms with Crippen LogP contribution in [0, 0.1) is 5.41 Å². The number of aromatic nitrogens is 2. The van der Waals surface area contributed by atoms with Crippen LogP contribution >= 0.6 is 0 Å². The first-order valence-corrected chi connectivity index (χ1v) is 13.5. The summed E-state index contributed by atoms with van der Waals surface area (Å²) in [6.45, 7) is 11.9. The quantitative estimate of drug-likeness (QED) is 0.193. The molecule has 2 heteroatoms. The van der Waals surface area contributed by atoms with Gasteiger partial charge in [-0.05, 0) is 25.2 Å². The maximum atomic E-state index is 4.29. The number of nitrogens with zero attached hydrogens (tertiary/aromatic N) is 2. The Morgan fingerprint density at radius 3 is 1.43 bits per heavy atom. The molecule has 0 bridgehead atoms. The van der Waals surface area contributed by atoms with Crippen molar-refractivity contribution in [1.82, 2.24) is 9.55 Å². The molecule has 0 saturated heterocycles. The first-order chi connectivity index (χ1) is 14.5. The van der Waals surface area contributed by atoms with Crippen molar-refractivity contribution in [2.45, 2.75) is 156 Å². The van der Waals surface area contributed by atoms with Crippen molar-refractivity contribution in [3.8, 4) is 0 Å². The minimum Gasteiger partial charge on any atom is -0.331 e. The van der Waals surface area contributed by atoms with Crippen molar-refractivity contribution in [3.05, 3.63) is 18.7 Å². The van der Waals surface area contributed by atoms with Gasteiger partial charge in [0, 0.05) is 17.9 Å². The summed E-state index contributed by atoms with van der Waals surface area (Å²) in [4.78, 5) is 4.29. The molecule has 176 valence electrons. The number of imidazole rings is 1. The molecule has 1 aromatic heterocycles. The normalized spacial score (nSPS) is 14.2. The Balaban J connectivity index is 1.98. The van der Waals surface area contributed by atoms with Gasteiger partial charge in [0.05, 0.1) is 6.33 Å². The van der Waals surface area contributed by atoms with E-state index in [0.717, 1.165) is 6.42 Å². The summed E-state index contributed by atoms with van der Waals surface area (Å²) in [7, 11) is 0. The van der Waals surface area contributed by atoms with Gasteiger partial charge in [-0.3, -0.25) is 0 Å². The van der Waals surface area contributed by atoms with E-state index in [1.54, 1.807) is 0 Å². The fourth-order valence-corrected chi connectivity index (χ4v) is 4.95. The molecule has 0 fully saturated rings. The first-order valence-electron chi connectivity index (χ1n) is 13.5. The Kier molecular flexibility index (Phi) is 14.5. The van der Waals surface area contributed by atoms with Crippen molar-refractivity contribution in [3.63, 3.8) is 0 Å². The molecule has 0 aliphatic carbocycles. The van der Waals surface area contributed by atoms with Gasteiger partial charge >= 0.3 is 0 Å². The number of hydrogen-bond donors (Lipinski definition) is 0. The van der Waals surface area contributed by atoms with E-state index in [2.05, 4.69) is 50.4 Å². The highest BCUT2D eigenvalue weighted by molar-refractivity contribution is 4.97. The summed E-state index contributed by atoms with van der Waals surface area (Å²) in [5.74, 6) is 0. The molecule has 0 aliphatic heterocycles. The summed E-state index contributed by atoms with van der Waals surface area (Å²) in [6, 6.07) is 0. The molecule has 1 unspecified atom stereocenters. The molecule has 0 saturated carbocycles. The molecular weight excluding hydrogens is 364 g/mol. The second-order valence-corrected chi connectivity index (χ2v) is 10.5. The van der Waals surface area contributed by atoms with Crippen LogP contribution in [0.15, 0.2) is 18.7 Å². The Labute approximate surface area is 189 Å². The second-order valence-electron chi connectivity index (χ2n) is 10.5. The molecule has 1 atom stereocenters. The maximum absolute atomic E-state index is 4.29. The highest BCUT2D eigenvalue weighted by atomic mass is 15.1. The van der Waals surface area contributed by atoms with Crippen LogP contribution in [-0.4, -0.2) is 9.55 Å². The summed E-state index contributed by atoms with van der Waals surface area (Å²) >= 11 is 0. The highest BCUT2D eigenvalue weighted by Gasteiger charge is 2.40. The Bertz CT molecular complexity index is 491. The van der Waals surface area contributed by atoms with Gasteiger partial charge in [-0.1, -0.05) is 130 Å². The van der Waals surface area contributed by atoms with Crippen molar-refractivity contribution < 1.29 is 0 Å². The van der Waals surface area contributed by atoms with E-state index in [9.17, 15) is 0 Å². The van der Waals surface area contributed by atoms with Gasteiger partial charge in [0.1, 0.15) is 0 Å². The molecule has 0 aromatic carbocycles. The largest absolute Gasteiger partial charge is 0.331 e. The Morgan fingerprint density at radius 2 is 1.07 bits per heavy atom. The van der Waals surface area contributed by atoms with Crippen LogP contribution in [0.4, 0.5) is 0 Å².